The lowest BCUT2D eigenvalue weighted by Gasteiger charge is -2.07. The normalized spacial score (nSPS) is 12.7. The van der Waals surface area contributed by atoms with Crippen LogP contribution in [-0.4, -0.2) is 21.7 Å². The monoisotopic (exact) mass is 258 g/mol. The fourth-order valence-electron chi connectivity index (χ4n) is 2.34. The number of aryl methyl sites for hydroxylation is 3. The van der Waals surface area contributed by atoms with Crippen molar-refractivity contribution in [1.82, 2.24) is 9.97 Å². The molecule has 0 radical (unpaired) electrons. The number of benzene rings is 1. The lowest BCUT2D eigenvalue weighted by molar-refractivity contribution is 0.258. The van der Waals surface area contributed by atoms with E-state index in [9.17, 15) is 5.11 Å². The fourth-order valence-corrected chi connectivity index (χ4v) is 2.34. The molecule has 1 aromatic carbocycles. The topological polar surface area (TPSA) is 48.9 Å². The summed E-state index contributed by atoms with van der Waals surface area (Å²) in [6, 6.07) is 6.41. The van der Waals surface area contributed by atoms with E-state index in [1.807, 2.05) is 6.92 Å². The smallest absolute Gasteiger partial charge is 0.112 e. The zero-order valence-electron chi connectivity index (χ0n) is 12.1. The van der Waals surface area contributed by atoms with Crippen molar-refractivity contribution in [3.05, 3.63) is 40.8 Å². The third-order valence-electron chi connectivity index (χ3n) is 3.65. The van der Waals surface area contributed by atoms with Crippen LogP contribution in [0.3, 0.4) is 0 Å². The lowest BCUT2D eigenvalue weighted by Crippen LogP contribution is -2.04. The van der Waals surface area contributed by atoms with Crippen molar-refractivity contribution in [2.45, 2.75) is 40.0 Å². The number of aliphatic hydroxyl groups is 1. The molecule has 19 heavy (non-hydrogen) atoms. The molecule has 2 aromatic rings. The van der Waals surface area contributed by atoms with Crippen LogP contribution in [0.5, 0.6) is 0 Å². The molecule has 0 bridgehead atoms. The van der Waals surface area contributed by atoms with E-state index in [2.05, 4.69) is 44.0 Å². The maximum Gasteiger partial charge on any atom is 0.112 e. The highest BCUT2D eigenvalue weighted by Crippen LogP contribution is 2.28. The second-order valence-corrected chi connectivity index (χ2v) is 5.20. The Morgan fingerprint density at radius 3 is 2.63 bits per heavy atom. The quantitative estimate of drug-likeness (QED) is 0.882. The summed E-state index contributed by atoms with van der Waals surface area (Å²) in [5, 5.41) is 9.39. The Labute approximate surface area is 114 Å². The molecular weight excluding hydrogens is 236 g/mol. The van der Waals surface area contributed by atoms with Crippen molar-refractivity contribution >= 4 is 0 Å². The number of imidazole rings is 1. The standard InChI is InChI=1S/C16H22N2O/c1-5-13(9-19)16-17-12(4)15(18-16)14-8-10(2)6-7-11(14)3/h6-8,13,19H,5,9H2,1-4H3,(H,17,18). The highest BCUT2D eigenvalue weighted by Gasteiger charge is 2.16. The highest BCUT2D eigenvalue weighted by atomic mass is 16.3. The molecule has 0 spiro atoms. The van der Waals surface area contributed by atoms with Crippen molar-refractivity contribution in [2.75, 3.05) is 6.61 Å². The van der Waals surface area contributed by atoms with Gasteiger partial charge in [0.25, 0.3) is 0 Å². The molecule has 1 unspecified atom stereocenters. The minimum absolute atomic E-state index is 0.0950. The minimum atomic E-state index is 0.0950. The number of aromatic nitrogens is 2. The van der Waals surface area contributed by atoms with Gasteiger partial charge in [-0.2, -0.15) is 0 Å². The van der Waals surface area contributed by atoms with Gasteiger partial charge in [-0.25, -0.2) is 4.98 Å². The maximum absolute atomic E-state index is 9.39. The molecular formula is C16H22N2O. The van der Waals surface area contributed by atoms with Crippen LogP contribution in [0.15, 0.2) is 18.2 Å². The number of aromatic amines is 1. The number of hydrogen-bond acceptors (Lipinski definition) is 2. The Kier molecular flexibility index (Phi) is 4.05. The van der Waals surface area contributed by atoms with Gasteiger partial charge in [0, 0.05) is 17.2 Å². The van der Waals surface area contributed by atoms with Crippen LogP contribution in [0.1, 0.15) is 41.9 Å². The van der Waals surface area contributed by atoms with Crippen LogP contribution < -0.4 is 0 Å². The summed E-state index contributed by atoms with van der Waals surface area (Å²) in [5.41, 5.74) is 5.70. The van der Waals surface area contributed by atoms with Gasteiger partial charge in [0.15, 0.2) is 0 Å². The van der Waals surface area contributed by atoms with E-state index in [1.54, 1.807) is 0 Å². The first kappa shape index (κ1) is 13.8. The molecule has 1 aromatic heterocycles. The van der Waals surface area contributed by atoms with Gasteiger partial charge in [-0.15, -0.1) is 0 Å². The second-order valence-electron chi connectivity index (χ2n) is 5.20. The number of aliphatic hydroxyl groups excluding tert-OH is 1. The highest BCUT2D eigenvalue weighted by molar-refractivity contribution is 5.66. The van der Waals surface area contributed by atoms with Crippen molar-refractivity contribution < 1.29 is 5.11 Å². The van der Waals surface area contributed by atoms with Crippen molar-refractivity contribution in [3.8, 4) is 11.3 Å². The summed E-state index contributed by atoms with van der Waals surface area (Å²) < 4.78 is 0. The van der Waals surface area contributed by atoms with E-state index >= 15 is 0 Å². The van der Waals surface area contributed by atoms with E-state index in [0.29, 0.717) is 0 Å². The van der Waals surface area contributed by atoms with Gasteiger partial charge in [-0.05, 0) is 38.8 Å². The maximum atomic E-state index is 9.39. The summed E-state index contributed by atoms with van der Waals surface area (Å²) in [7, 11) is 0. The summed E-state index contributed by atoms with van der Waals surface area (Å²) in [5.74, 6) is 0.982. The van der Waals surface area contributed by atoms with Crippen LogP contribution in [0.4, 0.5) is 0 Å². The molecule has 0 aliphatic heterocycles. The third kappa shape index (κ3) is 2.71. The van der Waals surface area contributed by atoms with Gasteiger partial charge in [0.05, 0.1) is 12.3 Å². The third-order valence-corrected chi connectivity index (χ3v) is 3.65. The summed E-state index contributed by atoms with van der Waals surface area (Å²) >= 11 is 0. The molecule has 0 saturated carbocycles. The molecule has 1 atom stereocenters. The van der Waals surface area contributed by atoms with Crippen LogP contribution >= 0.6 is 0 Å². The number of hydrogen-bond donors (Lipinski definition) is 2. The van der Waals surface area contributed by atoms with E-state index < -0.39 is 0 Å². The molecule has 102 valence electrons. The number of rotatable bonds is 4. The molecule has 3 heteroatoms. The predicted octanol–water partition coefficient (Wildman–Crippen LogP) is 3.49. The van der Waals surface area contributed by atoms with Gasteiger partial charge in [0.2, 0.25) is 0 Å². The Morgan fingerprint density at radius 1 is 1.26 bits per heavy atom. The number of H-pyrrole nitrogens is 1. The first-order valence-corrected chi connectivity index (χ1v) is 6.81. The van der Waals surface area contributed by atoms with E-state index in [-0.39, 0.29) is 12.5 Å². The Morgan fingerprint density at radius 2 is 2.00 bits per heavy atom. The lowest BCUT2D eigenvalue weighted by atomic mass is 10.0. The van der Waals surface area contributed by atoms with E-state index in [0.717, 1.165) is 23.6 Å². The van der Waals surface area contributed by atoms with Crippen LogP contribution in [0, 0.1) is 20.8 Å². The Balaban J connectivity index is 2.48. The average molecular weight is 258 g/mol. The van der Waals surface area contributed by atoms with Crippen molar-refractivity contribution in [1.29, 1.82) is 0 Å². The largest absolute Gasteiger partial charge is 0.396 e. The van der Waals surface area contributed by atoms with Gasteiger partial charge >= 0.3 is 0 Å². The molecule has 2 N–H and O–H groups in total. The molecule has 3 nitrogen and oxygen atoms in total. The molecule has 1 heterocycles. The number of nitrogens with one attached hydrogen (secondary N) is 1. The van der Waals surface area contributed by atoms with Crippen molar-refractivity contribution in [3.63, 3.8) is 0 Å². The minimum Gasteiger partial charge on any atom is -0.396 e. The summed E-state index contributed by atoms with van der Waals surface area (Å²) in [4.78, 5) is 8.03. The SMILES string of the molecule is CCC(CO)c1nc(-c2cc(C)ccc2C)c(C)[nH]1. The van der Waals surface area contributed by atoms with E-state index in [4.69, 9.17) is 4.98 Å². The molecule has 0 saturated heterocycles. The fraction of sp³-hybridized carbons (Fsp3) is 0.438. The first-order chi connectivity index (χ1) is 9.06. The number of nitrogens with zero attached hydrogens (tertiary/aromatic N) is 1. The Hall–Kier alpha value is -1.61. The van der Waals surface area contributed by atoms with Gasteiger partial charge < -0.3 is 10.1 Å². The molecule has 0 aliphatic carbocycles. The van der Waals surface area contributed by atoms with Crippen LogP contribution in [-0.2, 0) is 0 Å². The molecule has 2 rings (SSSR count). The van der Waals surface area contributed by atoms with Crippen molar-refractivity contribution in [2.24, 2.45) is 0 Å². The Bertz CT molecular complexity index is 568. The molecule has 0 aliphatic rings. The van der Waals surface area contributed by atoms with Crippen LogP contribution in [0.2, 0.25) is 0 Å². The van der Waals surface area contributed by atoms with E-state index in [1.165, 1.54) is 16.7 Å². The van der Waals surface area contributed by atoms with Gasteiger partial charge in [0.1, 0.15) is 5.82 Å². The van der Waals surface area contributed by atoms with Gasteiger partial charge in [-0.3, -0.25) is 0 Å². The zero-order chi connectivity index (χ0) is 14.0. The predicted molar refractivity (Wildman–Crippen MR) is 78.4 cm³/mol. The summed E-state index contributed by atoms with van der Waals surface area (Å²) in [6.07, 6.45) is 0.885. The van der Waals surface area contributed by atoms with Gasteiger partial charge in [-0.1, -0.05) is 24.6 Å². The molecule has 0 fully saturated rings. The average Bonchev–Trinajstić information content (AvgIpc) is 2.76. The van der Waals surface area contributed by atoms with Crippen LogP contribution in [0.25, 0.3) is 11.3 Å². The molecule has 0 amide bonds. The zero-order valence-corrected chi connectivity index (χ0v) is 12.1. The first-order valence-electron chi connectivity index (χ1n) is 6.81. The second kappa shape index (κ2) is 5.57. The summed E-state index contributed by atoms with van der Waals surface area (Å²) in [6.45, 7) is 8.43.